The van der Waals surface area contributed by atoms with E-state index >= 15 is 0 Å². The number of unbranched alkanes of at least 4 members (excludes halogenated alkanes) is 28. The number of phosphoric ester groups is 1. The van der Waals surface area contributed by atoms with Crippen LogP contribution in [0, 0.1) is 0 Å². The average Bonchev–Trinajstić information content (AvgIpc) is 3.26. The third kappa shape index (κ3) is 46.2. The second kappa shape index (κ2) is 47.2. The first-order valence-electron chi connectivity index (χ1n) is 25.4. The van der Waals surface area contributed by atoms with E-state index in [2.05, 4.69) is 50.3 Å². The molecule has 0 aromatic rings. The summed E-state index contributed by atoms with van der Waals surface area (Å²) in [6.45, 7) is 2.39. The van der Waals surface area contributed by atoms with Crippen molar-refractivity contribution < 1.29 is 47.8 Å². The quantitative estimate of drug-likeness (QED) is 0.0233. The van der Waals surface area contributed by atoms with Gasteiger partial charge in [0.2, 0.25) is 0 Å². The summed E-state index contributed by atoms with van der Waals surface area (Å²) in [4.78, 5) is 35.2. The van der Waals surface area contributed by atoms with Gasteiger partial charge in [-0.2, -0.15) is 0 Å². The van der Waals surface area contributed by atoms with Gasteiger partial charge < -0.3 is 24.6 Å². The maximum Gasteiger partial charge on any atom is 0.472 e. The Bertz CT molecular complexity index is 1130. The Balaban J connectivity index is 4.20. The fourth-order valence-electron chi connectivity index (χ4n) is 7.08. The number of aliphatic hydroxyl groups excluding tert-OH is 2. The van der Waals surface area contributed by atoms with E-state index in [9.17, 15) is 24.2 Å². The van der Waals surface area contributed by atoms with E-state index in [1.54, 1.807) is 0 Å². The normalized spacial score (nSPS) is 14.0. The van der Waals surface area contributed by atoms with Crippen molar-refractivity contribution in [3.63, 3.8) is 0 Å². The van der Waals surface area contributed by atoms with Crippen LogP contribution in [0.25, 0.3) is 0 Å². The first-order chi connectivity index (χ1) is 30.2. The van der Waals surface area contributed by atoms with Gasteiger partial charge in [0.1, 0.15) is 12.7 Å². The molecule has 0 aliphatic rings. The fourth-order valence-corrected chi connectivity index (χ4v) is 7.87. The predicted octanol–water partition coefficient (Wildman–Crippen LogP) is 14.3. The molecule has 10 nitrogen and oxygen atoms in total. The molecule has 0 rings (SSSR count). The third-order valence-corrected chi connectivity index (χ3v) is 12.0. The molecule has 3 atom stereocenters. The lowest BCUT2D eigenvalue weighted by atomic mass is 10.1. The standard InChI is InChI=1S/C51H95O10P/c1-3-5-7-9-11-13-15-17-19-21-23-24-25-27-29-31-33-35-37-39-41-43-51(55)61-49(47-60-62(56,57)59-45-48(53)44-52)46-58-50(54)42-40-38-36-34-32-30-28-26-22-20-18-16-14-12-10-8-6-4-2/h15,17,20-23,48-49,52-53H,3-14,16,18-19,24-47H2,1-2H3,(H,56,57)/b17-15-,22-20-,23-21-. The number of allylic oxidation sites excluding steroid dienone is 6. The first-order valence-corrected chi connectivity index (χ1v) is 26.9. The van der Waals surface area contributed by atoms with Gasteiger partial charge in [-0.1, -0.05) is 192 Å². The predicted molar refractivity (Wildman–Crippen MR) is 256 cm³/mol. The molecular formula is C51H95O10P. The number of hydrogen-bond donors (Lipinski definition) is 3. The van der Waals surface area contributed by atoms with E-state index in [4.69, 9.17) is 23.6 Å². The fraction of sp³-hybridized carbons (Fsp3) is 0.843. The zero-order valence-corrected chi connectivity index (χ0v) is 40.7. The molecule has 0 aliphatic heterocycles. The van der Waals surface area contributed by atoms with E-state index in [0.29, 0.717) is 12.8 Å². The van der Waals surface area contributed by atoms with Crippen LogP contribution in [-0.2, 0) is 32.7 Å². The zero-order chi connectivity index (χ0) is 45.5. The number of carbonyl (C=O) groups is 2. The maximum atomic E-state index is 12.7. The number of phosphoric acid groups is 1. The second-order valence-corrected chi connectivity index (χ2v) is 18.6. The lowest BCUT2D eigenvalue weighted by molar-refractivity contribution is -0.161. The molecule has 364 valence electrons. The summed E-state index contributed by atoms with van der Waals surface area (Å²) in [7, 11) is -4.62. The highest BCUT2D eigenvalue weighted by Gasteiger charge is 2.27. The molecule has 0 saturated carbocycles. The van der Waals surface area contributed by atoms with E-state index in [1.807, 2.05) is 0 Å². The van der Waals surface area contributed by atoms with Crippen molar-refractivity contribution in [2.24, 2.45) is 0 Å². The molecule has 0 fully saturated rings. The van der Waals surface area contributed by atoms with Gasteiger partial charge in [0, 0.05) is 12.8 Å². The Morgan fingerprint density at radius 3 is 1.26 bits per heavy atom. The molecular weight excluding hydrogens is 804 g/mol. The number of carbonyl (C=O) groups excluding carboxylic acids is 2. The zero-order valence-electron chi connectivity index (χ0n) is 39.8. The molecule has 0 aliphatic carbocycles. The largest absolute Gasteiger partial charge is 0.472 e. The monoisotopic (exact) mass is 899 g/mol. The van der Waals surface area contributed by atoms with Crippen molar-refractivity contribution in [1.29, 1.82) is 0 Å². The molecule has 0 aromatic heterocycles. The van der Waals surface area contributed by atoms with Crippen LogP contribution >= 0.6 is 7.82 Å². The van der Waals surface area contributed by atoms with E-state index in [1.165, 1.54) is 141 Å². The van der Waals surface area contributed by atoms with Crippen molar-refractivity contribution >= 4 is 19.8 Å². The van der Waals surface area contributed by atoms with Crippen molar-refractivity contribution in [1.82, 2.24) is 0 Å². The van der Waals surface area contributed by atoms with Crippen molar-refractivity contribution in [2.45, 2.75) is 251 Å². The minimum Gasteiger partial charge on any atom is -0.462 e. The number of aliphatic hydroxyl groups is 2. The molecule has 3 N–H and O–H groups in total. The minimum atomic E-state index is -4.62. The smallest absolute Gasteiger partial charge is 0.462 e. The first kappa shape index (κ1) is 60.2. The topological polar surface area (TPSA) is 149 Å². The van der Waals surface area contributed by atoms with Gasteiger partial charge in [-0.05, 0) is 70.6 Å². The van der Waals surface area contributed by atoms with E-state index in [0.717, 1.165) is 57.8 Å². The minimum absolute atomic E-state index is 0.179. The van der Waals surface area contributed by atoms with Crippen LogP contribution in [0.15, 0.2) is 36.5 Å². The number of rotatable bonds is 48. The van der Waals surface area contributed by atoms with Crippen LogP contribution in [0.3, 0.4) is 0 Å². The molecule has 0 heterocycles. The highest BCUT2D eigenvalue weighted by molar-refractivity contribution is 7.47. The van der Waals surface area contributed by atoms with Gasteiger partial charge >= 0.3 is 19.8 Å². The summed E-state index contributed by atoms with van der Waals surface area (Å²) in [6, 6.07) is 0. The molecule has 0 spiro atoms. The third-order valence-electron chi connectivity index (χ3n) is 11.0. The maximum absolute atomic E-state index is 12.7. The summed E-state index contributed by atoms with van der Waals surface area (Å²) >= 11 is 0. The Hall–Kier alpha value is -1.81. The Morgan fingerprint density at radius 1 is 0.484 bits per heavy atom. The van der Waals surface area contributed by atoms with Crippen LogP contribution in [-0.4, -0.2) is 65.7 Å². The molecule has 0 bridgehead atoms. The molecule has 0 radical (unpaired) electrons. The van der Waals surface area contributed by atoms with Crippen LogP contribution in [0.4, 0.5) is 0 Å². The molecule has 0 amide bonds. The van der Waals surface area contributed by atoms with Gasteiger partial charge in [0.25, 0.3) is 0 Å². The van der Waals surface area contributed by atoms with E-state index < -0.39 is 51.8 Å². The molecule has 3 unspecified atom stereocenters. The van der Waals surface area contributed by atoms with Gasteiger partial charge in [-0.25, -0.2) is 4.57 Å². The van der Waals surface area contributed by atoms with Crippen LogP contribution in [0.5, 0.6) is 0 Å². The van der Waals surface area contributed by atoms with Gasteiger partial charge in [-0.3, -0.25) is 18.6 Å². The lowest BCUT2D eigenvalue weighted by Crippen LogP contribution is -2.29. The molecule has 11 heteroatoms. The van der Waals surface area contributed by atoms with Crippen molar-refractivity contribution in [3.8, 4) is 0 Å². The number of esters is 2. The molecule has 0 saturated heterocycles. The highest BCUT2D eigenvalue weighted by atomic mass is 31.2. The number of hydrogen-bond acceptors (Lipinski definition) is 9. The van der Waals surface area contributed by atoms with Gasteiger partial charge in [0.15, 0.2) is 6.10 Å². The highest BCUT2D eigenvalue weighted by Crippen LogP contribution is 2.43. The van der Waals surface area contributed by atoms with Gasteiger partial charge in [-0.15, -0.1) is 0 Å². The van der Waals surface area contributed by atoms with Crippen molar-refractivity contribution in [2.75, 3.05) is 26.4 Å². The van der Waals surface area contributed by atoms with E-state index in [-0.39, 0.29) is 19.4 Å². The lowest BCUT2D eigenvalue weighted by Gasteiger charge is -2.20. The summed E-state index contributed by atoms with van der Waals surface area (Å²) in [5.41, 5.74) is 0. The number of ether oxygens (including phenoxy) is 2. The summed E-state index contributed by atoms with van der Waals surface area (Å²) in [6.07, 6.45) is 51.0. The Labute approximate surface area is 380 Å². The van der Waals surface area contributed by atoms with Crippen LogP contribution in [0.2, 0.25) is 0 Å². The Morgan fingerprint density at radius 2 is 0.839 bits per heavy atom. The average molecular weight is 899 g/mol. The summed E-state index contributed by atoms with van der Waals surface area (Å²) in [5.74, 6) is -0.927. The SMILES string of the molecule is CCCCCCC/C=C\C/C=C\CCCCCCCCCCCC(=O)OC(COC(=O)CCCCCCCCC/C=C\CCCCCCCCC)COP(=O)(O)OCC(O)CO. The van der Waals surface area contributed by atoms with Crippen LogP contribution < -0.4 is 0 Å². The second-order valence-electron chi connectivity index (χ2n) is 17.2. The molecule has 0 aromatic carbocycles. The van der Waals surface area contributed by atoms with Crippen LogP contribution in [0.1, 0.15) is 239 Å². The van der Waals surface area contributed by atoms with Crippen molar-refractivity contribution in [3.05, 3.63) is 36.5 Å². The van der Waals surface area contributed by atoms with Gasteiger partial charge in [0.05, 0.1) is 19.8 Å². The molecule has 62 heavy (non-hydrogen) atoms. The summed E-state index contributed by atoms with van der Waals surface area (Å²) in [5, 5.41) is 18.4. The Kier molecular flexibility index (Phi) is 45.8. The summed E-state index contributed by atoms with van der Waals surface area (Å²) < 4.78 is 32.9.